The Morgan fingerprint density at radius 1 is 1.15 bits per heavy atom. The normalized spacial score (nSPS) is 17.2. The van der Waals surface area contributed by atoms with Crippen LogP contribution in [0.3, 0.4) is 0 Å². The van der Waals surface area contributed by atoms with Crippen LogP contribution in [0.2, 0.25) is 0 Å². The number of carbonyl (C=O) groups is 1. The summed E-state index contributed by atoms with van der Waals surface area (Å²) in [6.45, 7) is 1.78. The molecule has 1 saturated heterocycles. The summed E-state index contributed by atoms with van der Waals surface area (Å²) in [4.78, 5) is 36.3. The van der Waals surface area contributed by atoms with Gasteiger partial charge in [0.15, 0.2) is 0 Å². The van der Waals surface area contributed by atoms with Crippen molar-refractivity contribution in [2.75, 3.05) is 31.1 Å². The molecule has 0 aromatic carbocycles. The van der Waals surface area contributed by atoms with E-state index < -0.39 is 41.2 Å². The molecular weight excluding hydrogens is 460 g/mol. The Morgan fingerprint density at radius 2 is 1.82 bits per heavy atom. The molecule has 8 nitrogen and oxygen atoms in total. The molecule has 180 valence electrons. The van der Waals surface area contributed by atoms with Gasteiger partial charge in [-0.2, -0.15) is 26.3 Å². The van der Waals surface area contributed by atoms with E-state index in [2.05, 4.69) is 9.97 Å². The number of hydrogen-bond acceptors (Lipinski definition) is 6. The fraction of sp³-hybridized carbons (Fsp3) is 0.474. The van der Waals surface area contributed by atoms with Crippen LogP contribution in [0.15, 0.2) is 29.5 Å². The van der Waals surface area contributed by atoms with Gasteiger partial charge < -0.3 is 14.6 Å². The fourth-order valence-corrected chi connectivity index (χ4v) is 3.28. The number of anilines is 1. The van der Waals surface area contributed by atoms with Gasteiger partial charge >= 0.3 is 18.4 Å². The molecule has 0 spiro atoms. The summed E-state index contributed by atoms with van der Waals surface area (Å²) >= 11 is 0. The number of H-pyrrole nitrogens is 1. The zero-order valence-electron chi connectivity index (χ0n) is 17.2. The Morgan fingerprint density at radius 3 is 2.39 bits per heavy atom. The molecule has 1 aliphatic rings. The molecule has 0 aliphatic carbocycles. The maximum absolute atomic E-state index is 13.2. The summed E-state index contributed by atoms with van der Waals surface area (Å²) in [7, 11) is 0. The van der Waals surface area contributed by atoms with Gasteiger partial charge in [-0.15, -0.1) is 0 Å². The number of rotatable bonds is 4. The zero-order chi connectivity index (χ0) is 24.4. The molecule has 3 rings (SSSR count). The zero-order valence-corrected chi connectivity index (χ0v) is 17.2. The summed E-state index contributed by atoms with van der Waals surface area (Å²) in [6.07, 6.45) is -7.56. The number of nitrogens with zero attached hydrogens (tertiary/aromatic N) is 4. The highest BCUT2D eigenvalue weighted by molar-refractivity contribution is 5.69. The first-order chi connectivity index (χ1) is 15.4. The molecule has 0 saturated carbocycles. The molecule has 1 atom stereocenters. The molecule has 1 N–H and O–H groups in total. The minimum atomic E-state index is -4.93. The molecule has 0 radical (unpaired) electrons. The Balaban J connectivity index is 1.95. The molecule has 1 fully saturated rings. The number of hydrogen-bond donors (Lipinski definition) is 1. The lowest BCUT2D eigenvalue weighted by Crippen LogP contribution is -2.51. The van der Waals surface area contributed by atoms with E-state index in [0.717, 1.165) is 6.20 Å². The number of pyridine rings is 1. The van der Waals surface area contributed by atoms with Crippen LogP contribution in [0.5, 0.6) is 0 Å². The Hall–Kier alpha value is -3.32. The minimum absolute atomic E-state index is 0.0297. The van der Waals surface area contributed by atoms with Crippen LogP contribution in [0.4, 0.5) is 37.1 Å². The van der Waals surface area contributed by atoms with E-state index in [-0.39, 0.29) is 37.8 Å². The van der Waals surface area contributed by atoms with E-state index in [4.69, 9.17) is 4.74 Å². The first-order valence-electron chi connectivity index (χ1n) is 9.79. The summed E-state index contributed by atoms with van der Waals surface area (Å²) in [5, 5.41) is 0. The van der Waals surface area contributed by atoms with Crippen molar-refractivity contribution in [3.63, 3.8) is 0 Å². The summed E-state index contributed by atoms with van der Waals surface area (Å²) in [5.74, 6) is -0.0879. The van der Waals surface area contributed by atoms with E-state index in [1.165, 1.54) is 9.80 Å². The Labute approximate surface area is 183 Å². The first kappa shape index (κ1) is 24.3. The van der Waals surface area contributed by atoms with Crippen LogP contribution in [0, 0.1) is 0 Å². The summed E-state index contributed by atoms with van der Waals surface area (Å²) in [5.41, 5.74) is -3.87. The molecule has 1 unspecified atom stereocenters. The van der Waals surface area contributed by atoms with Crippen molar-refractivity contribution in [2.24, 2.45) is 0 Å². The lowest BCUT2D eigenvalue weighted by atomic mass is 10.0. The molecule has 2 aromatic heterocycles. The Kier molecular flexibility index (Phi) is 6.84. The molecule has 3 heterocycles. The summed E-state index contributed by atoms with van der Waals surface area (Å²) < 4.78 is 83.2. The van der Waals surface area contributed by atoms with Gasteiger partial charge in [-0.3, -0.25) is 9.69 Å². The number of piperazine rings is 1. The van der Waals surface area contributed by atoms with E-state index in [0.29, 0.717) is 24.9 Å². The van der Waals surface area contributed by atoms with Crippen molar-refractivity contribution in [3.05, 3.63) is 51.7 Å². The lowest BCUT2D eigenvalue weighted by molar-refractivity contribution is -0.139. The van der Waals surface area contributed by atoms with Crippen LogP contribution in [0.25, 0.3) is 0 Å². The van der Waals surface area contributed by atoms with Gasteiger partial charge in [-0.1, -0.05) is 6.92 Å². The highest BCUT2D eigenvalue weighted by atomic mass is 19.4. The minimum Gasteiger partial charge on any atom is -0.449 e. The standard InChI is InChI=1S/C19H19F6N5O3/c1-2-5-33-17(32)30-4-3-29(16-27-8-12(9-28-16)18(20,21)22)10-14(30)11-6-13(19(23,24)25)15(31)26-7-11/h6-9,14H,2-5,10H2,1H3,(H,26,31). The summed E-state index contributed by atoms with van der Waals surface area (Å²) in [6, 6.07) is -0.382. The predicted octanol–water partition coefficient (Wildman–Crippen LogP) is 3.61. The van der Waals surface area contributed by atoms with Gasteiger partial charge in [0.1, 0.15) is 5.56 Å². The average Bonchev–Trinajstić information content (AvgIpc) is 2.76. The van der Waals surface area contributed by atoms with Gasteiger partial charge in [-0.05, 0) is 18.1 Å². The molecule has 33 heavy (non-hydrogen) atoms. The molecule has 1 aliphatic heterocycles. The van der Waals surface area contributed by atoms with Crippen LogP contribution < -0.4 is 10.5 Å². The number of ether oxygens (including phenoxy) is 1. The van der Waals surface area contributed by atoms with E-state index >= 15 is 0 Å². The van der Waals surface area contributed by atoms with Crippen LogP contribution >= 0.6 is 0 Å². The molecule has 2 aromatic rings. The van der Waals surface area contributed by atoms with Gasteiger partial charge in [-0.25, -0.2) is 14.8 Å². The number of aromatic amines is 1. The monoisotopic (exact) mass is 479 g/mol. The van der Waals surface area contributed by atoms with Gasteiger partial charge in [0.2, 0.25) is 5.95 Å². The van der Waals surface area contributed by atoms with E-state index in [1.807, 2.05) is 4.98 Å². The third-order valence-electron chi connectivity index (χ3n) is 4.91. The fourth-order valence-electron chi connectivity index (χ4n) is 3.28. The van der Waals surface area contributed by atoms with Crippen molar-refractivity contribution in [1.29, 1.82) is 0 Å². The molecular formula is C19H19F6N5O3. The number of nitrogens with one attached hydrogen (secondary N) is 1. The maximum Gasteiger partial charge on any atom is 0.421 e. The van der Waals surface area contributed by atoms with Crippen molar-refractivity contribution in [1.82, 2.24) is 19.9 Å². The van der Waals surface area contributed by atoms with Gasteiger partial charge in [0.25, 0.3) is 5.56 Å². The quantitative estimate of drug-likeness (QED) is 0.674. The van der Waals surface area contributed by atoms with Crippen LogP contribution in [-0.4, -0.2) is 52.2 Å². The average molecular weight is 479 g/mol. The number of aromatic nitrogens is 3. The van der Waals surface area contributed by atoms with Gasteiger partial charge in [0.05, 0.1) is 18.2 Å². The Bertz CT molecular complexity index is 1040. The van der Waals surface area contributed by atoms with Crippen LogP contribution in [-0.2, 0) is 17.1 Å². The second kappa shape index (κ2) is 9.27. The van der Waals surface area contributed by atoms with Gasteiger partial charge in [0, 0.05) is 38.2 Å². The number of alkyl halides is 6. The molecule has 1 amide bonds. The van der Waals surface area contributed by atoms with E-state index in [1.54, 1.807) is 6.92 Å². The number of amides is 1. The highest BCUT2D eigenvalue weighted by Crippen LogP contribution is 2.33. The van der Waals surface area contributed by atoms with Crippen molar-refractivity contribution >= 4 is 12.0 Å². The largest absolute Gasteiger partial charge is 0.449 e. The molecule has 0 bridgehead atoms. The van der Waals surface area contributed by atoms with Crippen LogP contribution in [0.1, 0.15) is 36.1 Å². The van der Waals surface area contributed by atoms with Crippen molar-refractivity contribution < 1.29 is 35.9 Å². The third-order valence-corrected chi connectivity index (χ3v) is 4.91. The first-order valence-corrected chi connectivity index (χ1v) is 9.79. The topological polar surface area (TPSA) is 91.4 Å². The lowest BCUT2D eigenvalue weighted by Gasteiger charge is -2.41. The number of carbonyl (C=O) groups excluding carboxylic acids is 1. The van der Waals surface area contributed by atoms with Crippen molar-refractivity contribution in [2.45, 2.75) is 31.7 Å². The third kappa shape index (κ3) is 5.54. The molecule has 14 heteroatoms. The predicted molar refractivity (Wildman–Crippen MR) is 102 cm³/mol. The smallest absolute Gasteiger partial charge is 0.421 e. The second-order valence-electron chi connectivity index (χ2n) is 7.21. The maximum atomic E-state index is 13.2. The number of halogens is 6. The van der Waals surface area contributed by atoms with E-state index in [9.17, 15) is 35.9 Å². The second-order valence-corrected chi connectivity index (χ2v) is 7.21. The highest BCUT2D eigenvalue weighted by Gasteiger charge is 2.38. The SMILES string of the molecule is CCCOC(=O)N1CCN(c2ncc(C(F)(F)F)cn2)CC1c1c[nH]c(=O)c(C(F)(F)F)c1. The van der Waals surface area contributed by atoms with Crippen molar-refractivity contribution in [3.8, 4) is 0 Å².